The van der Waals surface area contributed by atoms with Crippen molar-refractivity contribution in [2.24, 2.45) is 0 Å². The molecule has 188 valence electrons. The smallest absolute Gasteiger partial charge is 0.242 e. The van der Waals surface area contributed by atoms with Crippen LogP contribution in [0.25, 0.3) is 0 Å². The summed E-state index contributed by atoms with van der Waals surface area (Å²) in [5.41, 5.74) is 1.06. The van der Waals surface area contributed by atoms with Crippen molar-refractivity contribution in [2.75, 3.05) is 27.3 Å². The molecule has 0 unspecified atom stereocenters. The van der Waals surface area contributed by atoms with E-state index >= 15 is 0 Å². The molecule has 1 aromatic carbocycles. The zero-order chi connectivity index (χ0) is 24.9. The zero-order valence-electron chi connectivity index (χ0n) is 21.3. The lowest BCUT2D eigenvalue weighted by Crippen LogP contribution is -2.46. The second-order valence-corrected chi connectivity index (χ2v) is 9.79. The Kier molecular flexibility index (Phi) is 11.9. The van der Waals surface area contributed by atoms with Crippen LogP contribution in [0.5, 0.6) is 11.5 Å². The van der Waals surface area contributed by atoms with Gasteiger partial charge in [-0.1, -0.05) is 38.3 Å². The van der Waals surface area contributed by atoms with Crippen LogP contribution in [-0.2, 0) is 22.6 Å². The maximum absolute atomic E-state index is 13.4. The van der Waals surface area contributed by atoms with Gasteiger partial charge in [0.25, 0.3) is 0 Å². The number of carbonyl (C=O) groups excluding carboxylic acids is 2. The molecule has 1 aromatic heterocycles. The molecule has 0 spiro atoms. The number of unbranched alkanes of at least 4 members (excludes halogenated alkanes) is 3. The Morgan fingerprint density at radius 3 is 2.38 bits per heavy atom. The summed E-state index contributed by atoms with van der Waals surface area (Å²) in [7, 11) is 3.23. The van der Waals surface area contributed by atoms with Crippen LogP contribution >= 0.6 is 11.3 Å². The van der Waals surface area contributed by atoms with Crippen LogP contribution in [0.1, 0.15) is 63.3 Å². The Morgan fingerprint density at radius 2 is 1.76 bits per heavy atom. The number of thiophene rings is 1. The van der Waals surface area contributed by atoms with Gasteiger partial charge in [0.15, 0.2) is 11.5 Å². The van der Waals surface area contributed by atoms with Gasteiger partial charge in [-0.15, -0.1) is 11.3 Å². The standard InChI is InChI=1S/C27H40N2O4S/c1-6-7-8-9-12-26(30)29(21(2)3)20-27(31)28(19-23-11-10-17-34-23)16-15-22-13-14-24(32-4)25(18-22)33-5/h10-11,13-14,17-18,21H,6-9,12,15-16,19-20H2,1-5H3. The van der Waals surface area contributed by atoms with Crippen molar-refractivity contribution in [1.82, 2.24) is 9.80 Å². The SMILES string of the molecule is CCCCCCC(=O)N(CC(=O)N(CCc1ccc(OC)c(OC)c1)Cc1cccs1)C(C)C. The highest BCUT2D eigenvalue weighted by Gasteiger charge is 2.23. The number of ether oxygens (including phenoxy) is 2. The summed E-state index contributed by atoms with van der Waals surface area (Å²) >= 11 is 1.64. The third-order valence-corrected chi connectivity index (χ3v) is 6.75. The van der Waals surface area contributed by atoms with Gasteiger partial charge < -0.3 is 19.3 Å². The van der Waals surface area contributed by atoms with E-state index in [1.54, 1.807) is 30.5 Å². The summed E-state index contributed by atoms with van der Waals surface area (Å²) in [6.45, 7) is 7.32. The lowest BCUT2D eigenvalue weighted by molar-refractivity contribution is -0.142. The zero-order valence-corrected chi connectivity index (χ0v) is 22.2. The number of nitrogens with zero attached hydrogens (tertiary/aromatic N) is 2. The monoisotopic (exact) mass is 488 g/mol. The third kappa shape index (κ3) is 8.67. The molecular weight excluding hydrogens is 448 g/mol. The maximum atomic E-state index is 13.4. The molecule has 0 N–H and O–H groups in total. The predicted molar refractivity (Wildman–Crippen MR) is 139 cm³/mol. The fourth-order valence-electron chi connectivity index (χ4n) is 3.83. The summed E-state index contributed by atoms with van der Waals surface area (Å²) in [5, 5.41) is 2.02. The van der Waals surface area contributed by atoms with Gasteiger partial charge in [-0.25, -0.2) is 0 Å². The predicted octanol–water partition coefficient (Wildman–Crippen LogP) is 5.54. The van der Waals surface area contributed by atoms with Gasteiger partial charge in [0.2, 0.25) is 11.8 Å². The Hall–Kier alpha value is -2.54. The van der Waals surface area contributed by atoms with Crippen LogP contribution in [-0.4, -0.2) is 55.0 Å². The van der Waals surface area contributed by atoms with E-state index < -0.39 is 0 Å². The molecule has 0 saturated carbocycles. The fourth-order valence-corrected chi connectivity index (χ4v) is 4.55. The van der Waals surface area contributed by atoms with Crippen LogP contribution in [0.15, 0.2) is 35.7 Å². The van der Waals surface area contributed by atoms with Crippen molar-refractivity contribution < 1.29 is 19.1 Å². The number of methoxy groups -OCH3 is 2. The Labute approximate surface area is 208 Å². The van der Waals surface area contributed by atoms with Gasteiger partial charge in [-0.05, 0) is 55.8 Å². The van der Waals surface area contributed by atoms with Crippen molar-refractivity contribution in [2.45, 2.75) is 71.9 Å². The molecular formula is C27H40N2O4S. The van der Waals surface area contributed by atoms with Crippen LogP contribution < -0.4 is 9.47 Å². The lowest BCUT2D eigenvalue weighted by Gasteiger charge is -2.30. The van der Waals surface area contributed by atoms with E-state index in [-0.39, 0.29) is 24.4 Å². The maximum Gasteiger partial charge on any atom is 0.242 e. The van der Waals surface area contributed by atoms with Crippen LogP contribution in [0.2, 0.25) is 0 Å². The number of benzene rings is 1. The molecule has 0 saturated heterocycles. The first-order valence-corrected chi connectivity index (χ1v) is 13.1. The van der Waals surface area contributed by atoms with Crippen LogP contribution in [0.4, 0.5) is 0 Å². The molecule has 0 radical (unpaired) electrons. The van der Waals surface area contributed by atoms with Gasteiger partial charge in [0, 0.05) is 23.9 Å². The minimum Gasteiger partial charge on any atom is -0.493 e. The van der Waals surface area contributed by atoms with Gasteiger partial charge in [0.1, 0.15) is 0 Å². The van der Waals surface area contributed by atoms with E-state index in [1.807, 2.05) is 54.5 Å². The number of hydrogen-bond donors (Lipinski definition) is 0. The highest BCUT2D eigenvalue weighted by atomic mass is 32.1. The molecule has 2 rings (SSSR count). The van der Waals surface area contributed by atoms with E-state index in [0.29, 0.717) is 37.4 Å². The van der Waals surface area contributed by atoms with E-state index in [2.05, 4.69) is 6.92 Å². The quantitative estimate of drug-likeness (QED) is 0.309. The summed E-state index contributed by atoms with van der Waals surface area (Å²) < 4.78 is 10.8. The summed E-state index contributed by atoms with van der Waals surface area (Å²) in [6.07, 6.45) is 5.39. The first-order chi connectivity index (χ1) is 16.4. The van der Waals surface area contributed by atoms with Crippen molar-refractivity contribution in [3.8, 4) is 11.5 Å². The second-order valence-electron chi connectivity index (χ2n) is 8.76. The molecule has 0 aliphatic heterocycles. The summed E-state index contributed by atoms with van der Waals surface area (Å²) in [4.78, 5) is 31.0. The Bertz CT molecular complexity index is 883. The summed E-state index contributed by atoms with van der Waals surface area (Å²) in [6, 6.07) is 9.86. The molecule has 0 atom stereocenters. The van der Waals surface area contributed by atoms with Gasteiger partial charge >= 0.3 is 0 Å². The number of rotatable bonds is 15. The molecule has 34 heavy (non-hydrogen) atoms. The molecule has 0 aliphatic carbocycles. The molecule has 1 heterocycles. The molecule has 2 amide bonds. The van der Waals surface area contributed by atoms with Crippen LogP contribution in [0.3, 0.4) is 0 Å². The largest absolute Gasteiger partial charge is 0.493 e. The van der Waals surface area contributed by atoms with Crippen molar-refractivity contribution >= 4 is 23.2 Å². The number of amides is 2. The Morgan fingerprint density at radius 1 is 1.00 bits per heavy atom. The lowest BCUT2D eigenvalue weighted by atomic mass is 10.1. The van der Waals surface area contributed by atoms with E-state index in [9.17, 15) is 9.59 Å². The average Bonchev–Trinajstić information content (AvgIpc) is 3.35. The van der Waals surface area contributed by atoms with Crippen LogP contribution in [0, 0.1) is 0 Å². The third-order valence-electron chi connectivity index (χ3n) is 5.89. The molecule has 2 aromatic rings. The first-order valence-electron chi connectivity index (χ1n) is 12.2. The van der Waals surface area contributed by atoms with Crippen molar-refractivity contribution in [1.29, 1.82) is 0 Å². The molecule has 0 fully saturated rings. The number of hydrogen-bond acceptors (Lipinski definition) is 5. The fraction of sp³-hybridized carbons (Fsp3) is 0.556. The van der Waals surface area contributed by atoms with Gasteiger partial charge in [-0.3, -0.25) is 9.59 Å². The van der Waals surface area contributed by atoms with Gasteiger partial charge in [0.05, 0.1) is 27.3 Å². The Balaban J connectivity index is 2.09. The van der Waals surface area contributed by atoms with Crippen molar-refractivity contribution in [3.05, 3.63) is 46.2 Å². The van der Waals surface area contributed by atoms with Crippen molar-refractivity contribution in [3.63, 3.8) is 0 Å². The highest BCUT2D eigenvalue weighted by Crippen LogP contribution is 2.28. The normalized spacial score (nSPS) is 10.9. The minimum absolute atomic E-state index is 0.0166. The molecule has 0 aliphatic rings. The molecule has 6 nitrogen and oxygen atoms in total. The highest BCUT2D eigenvalue weighted by molar-refractivity contribution is 7.09. The molecule has 0 bridgehead atoms. The van der Waals surface area contributed by atoms with E-state index in [4.69, 9.17) is 9.47 Å². The topological polar surface area (TPSA) is 59.1 Å². The van der Waals surface area contributed by atoms with E-state index in [1.165, 1.54) is 0 Å². The summed E-state index contributed by atoms with van der Waals surface area (Å²) in [5.74, 6) is 1.40. The van der Waals surface area contributed by atoms with Gasteiger partial charge in [-0.2, -0.15) is 0 Å². The first kappa shape index (κ1) is 27.7. The van der Waals surface area contributed by atoms with E-state index in [0.717, 1.165) is 36.1 Å². The average molecular weight is 489 g/mol. The number of carbonyl (C=O) groups is 2. The second kappa shape index (κ2) is 14.7. The minimum atomic E-state index is -0.0236. The molecule has 7 heteroatoms.